The van der Waals surface area contributed by atoms with Crippen molar-refractivity contribution in [1.29, 1.82) is 0 Å². The maximum absolute atomic E-state index is 10.9. The molecule has 6 heteroatoms. The number of carboxylic acid groups (broad SMARTS) is 1. The Morgan fingerprint density at radius 1 is 1.47 bits per heavy atom. The van der Waals surface area contributed by atoms with Crippen LogP contribution in [0, 0.1) is 0 Å². The molecule has 108 valence electrons. The van der Waals surface area contributed by atoms with Gasteiger partial charge in [0.15, 0.2) is 0 Å². The molecule has 1 rings (SSSR count). The summed E-state index contributed by atoms with van der Waals surface area (Å²) >= 11 is 5.93. The highest BCUT2D eigenvalue weighted by molar-refractivity contribution is 6.32. The van der Waals surface area contributed by atoms with Crippen LogP contribution in [-0.4, -0.2) is 30.3 Å². The highest BCUT2D eigenvalue weighted by Crippen LogP contribution is 2.22. The number of halogens is 2. The molecule has 1 aromatic carbocycles. The molecule has 1 atom stereocenters. The molecular weight excluding hydrogens is 289 g/mol. The summed E-state index contributed by atoms with van der Waals surface area (Å²) in [5.41, 5.74) is 0. The van der Waals surface area contributed by atoms with Gasteiger partial charge in [0.2, 0.25) is 0 Å². The van der Waals surface area contributed by atoms with Gasteiger partial charge in [0.1, 0.15) is 18.4 Å². The van der Waals surface area contributed by atoms with Crippen molar-refractivity contribution in [3.8, 4) is 5.75 Å². The van der Waals surface area contributed by atoms with Gasteiger partial charge in [-0.15, -0.1) is 12.4 Å². The monoisotopic (exact) mass is 307 g/mol. The largest absolute Gasteiger partial charge is 0.491 e. The number of para-hydroxylation sites is 1. The van der Waals surface area contributed by atoms with Gasteiger partial charge in [-0.05, 0) is 18.6 Å². The highest BCUT2D eigenvalue weighted by atomic mass is 35.5. The first-order chi connectivity index (χ1) is 8.65. The third-order valence-electron chi connectivity index (χ3n) is 2.46. The van der Waals surface area contributed by atoms with Crippen LogP contribution in [0.15, 0.2) is 24.3 Å². The Hall–Kier alpha value is -0.970. The molecule has 19 heavy (non-hydrogen) atoms. The molecule has 0 spiro atoms. The molecule has 0 bridgehead atoms. The molecule has 0 aliphatic heterocycles. The van der Waals surface area contributed by atoms with Crippen molar-refractivity contribution in [2.45, 2.75) is 25.8 Å². The summed E-state index contributed by atoms with van der Waals surface area (Å²) in [7, 11) is 0. The maximum Gasteiger partial charge on any atom is 0.320 e. The Labute approximate surface area is 124 Å². The first-order valence-corrected chi connectivity index (χ1v) is 6.36. The van der Waals surface area contributed by atoms with Gasteiger partial charge in [-0.2, -0.15) is 0 Å². The molecule has 0 fully saturated rings. The summed E-state index contributed by atoms with van der Waals surface area (Å²) in [6, 6.07) is 6.69. The van der Waals surface area contributed by atoms with E-state index in [1.807, 2.05) is 19.1 Å². The third kappa shape index (κ3) is 6.66. The molecular formula is C13H19Cl2NO3. The topological polar surface area (TPSA) is 58.6 Å². The van der Waals surface area contributed by atoms with Crippen molar-refractivity contribution in [2.75, 3.05) is 13.2 Å². The van der Waals surface area contributed by atoms with Crippen LogP contribution in [0.2, 0.25) is 5.02 Å². The quantitative estimate of drug-likeness (QED) is 0.725. The first kappa shape index (κ1) is 18.0. The lowest BCUT2D eigenvalue weighted by Gasteiger charge is -2.14. The van der Waals surface area contributed by atoms with Gasteiger partial charge < -0.3 is 15.2 Å². The number of rotatable bonds is 8. The highest BCUT2D eigenvalue weighted by Gasteiger charge is 2.14. The van der Waals surface area contributed by atoms with Gasteiger partial charge >= 0.3 is 5.97 Å². The number of ether oxygens (including phenoxy) is 1. The zero-order valence-corrected chi connectivity index (χ0v) is 12.3. The second-order valence-electron chi connectivity index (χ2n) is 3.91. The van der Waals surface area contributed by atoms with E-state index in [4.69, 9.17) is 21.4 Å². The van der Waals surface area contributed by atoms with Crippen LogP contribution in [0.25, 0.3) is 0 Å². The van der Waals surface area contributed by atoms with E-state index in [0.29, 0.717) is 30.3 Å². The lowest BCUT2D eigenvalue weighted by molar-refractivity contribution is -0.139. The number of hydrogen-bond acceptors (Lipinski definition) is 3. The lowest BCUT2D eigenvalue weighted by atomic mass is 10.2. The number of aliphatic carboxylic acids is 1. The summed E-state index contributed by atoms with van der Waals surface area (Å²) in [4.78, 5) is 10.9. The van der Waals surface area contributed by atoms with Crippen LogP contribution in [0.1, 0.15) is 19.8 Å². The zero-order chi connectivity index (χ0) is 13.4. The standard InChI is InChI=1S/C13H18ClNO3.ClH/c1-2-5-11(13(16)17)15-8-9-18-12-7-4-3-6-10(12)14;/h3-4,6-7,11,15H,2,5,8-9H2,1H3,(H,16,17);1H. The second-order valence-corrected chi connectivity index (χ2v) is 4.32. The Balaban J connectivity index is 0.00000324. The average molecular weight is 308 g/mol. The van der Waals surface area contributed by atoms with Gasteiger partial charge in [-0.25, -0.2) is 0 Å². The zero-order valence-electron chi connectivity index (χ0n) is 10.8. The van der Waals surface area contributed by atoms with E-state index in [1.165, 1.54) is 0 Å². The molecule has 1 unspecified atom stereocenters. The summed E-state index contributed by atoms with van der Waals surface area (Å²) in [6.45, 7) is 2.82. The van der Waals surface area contributed by atoms with Crippen molar-refractivity contribution < 1.29 is 14.6 Å². The molecule has 0 saturated carbocycles. The van der Waals surface area contributed by atoms with Gasteiger partial charge in [0.05, 0.1) is 5.02 Å². The Kier molecular flexibility index (Phi) is 9.39. The normalized spacial score (nSPS) is 11.5. The van der Waals surface area contributed by atoms with Crippen LogP contribution in [-0.2, 0) is 4.79 Å². The van der Waals surface area contributed by atoms with Crippen molar-refractivity contribution in [2.24, 2.45) is 0 Å². The maximum atomic E-state index is 10.9. The predicted octanol–water partition coefficient (Wildman–Crippen LogP) is 2.98. The molecule has 0 heterocycles. The van der Waals surface area contributed by atoms with Crippen molar-refractivity contribution in [3.05, 3.63) is 29.3 Å². The summed E-state index contributed by atoms with van der Waals surface area (Å²) in [5.74, 6) is -0.210. The van der Waals surface area contributed by atoms with Gasteiger partial charge in [-0.1, -0.05) is 37.1 Å². The molecule has 2 N–H and O–H groups in total. The second kappa shape index (κ2) is 9.89. The van der Waals surface area contributed by atoms with Crippen LogP contribution >= 0.6 is 24.0 Å². The summed E-state index contributed by atoms with van der Waals surface area (Å²) in [6.07, 6.45) is 1.44. The molecule has 1 aromatic rings. The minimum atomic E-state index is -0.824. The van der Waals surface area contributed by atoms with Crippen LogP contribution in [0.3, 0.4) is 0 Å². The van der Waals surface area contributed by atoms with E-state index >= 15 is 0 Å². The van der Waals surface area contributed by atoms with E-state index in [-0.39, 0.29) is 12.4 Å². The molecule has 0 aromatic heterocycles. The van der Waals surface area contributed by atoms with Gasteiger partial charge in [0, 0.05) is 6.54 Å². The average Bonchev–Trinajstić information content (AvgIpc) is 2.35. The van der Waals surface area contributed by atoms with E-state index in [9.17, 15) is 4.79 Å². The predicted molar refractivity (Wildman–Crippen MR) is 78.5 cm³/mol. The van der Waals surface area contributed by atoms with Crippen molar-refractivity contribution in [1.82, 2.24) is 5.32 Å². The van der Waals surface area contributed by atoms with E-state index in [1.54, 1.807) is 12.1 Å². The molecule has 0 amide bonds. The Morgan fingerprint density at radius 2 is 2.16 bits per heavy atom. The summed E-state index contributed by atoms with van der Waals surface area (Å²) in [5, 5.41) is 12.4. The Bertz CT molecular complexity index is 388. The SMILES string of the molecule is CCCC(NCCOc1ccccc1Cl)C(=O)O.Cl. The number of hydrogen-bond donors (Lipinski definition) is 2. The molecule has 0 aliphatic rings. The Morgan fingerprint density at radius 3 is 2.74 bits per heavy atom. The number of carboxylic acids is 1. The fraction of sp³-hybridized carbons (Fsp3) is 0.462. The van der Waals surface area contributed by atoms with Gasteiger partial charge in [-0.3, -0.25) is 4.79 Å². The molecule has 0 saturated heterocycles. The third-order valence-corrected chi connectivity index (χ3v) is 2.77. The van der Waals surface area contributed by atoms with Crippen LogP contribution < -0.4 is 10.1 Å². The number of nitrogens with one attached hydrogen (secondary N) is 1. The van der Waals surface area contributed by atoms with Crippen LogP contribution in [0.4, 0.5) is 0 Å². The van der Waals surface area contributed by atoms with Crippen molar-refractivity contribution >= 4 is 30.0 Å². The first-order valence-electron chi connectivity index (χ1n) is 5.98. The smallest absolute Gasteiger partial charge is 0.320 e. The van der Waals surface area contributed by atoms with Crippen LogP contribution in [0.5, 0.6) is 5.75 Å². The molecule has 0 aliphatic carbocycles. The molecule has 4 nitrogen and oxygen atoms in total. The summed E-state index contributed by atoms with van der Waals surface area (Å²) < 4.78 is 5.46. The van der Waals surface area contributed by atoms with E-state index < -0.39 is 12.0 Å². The molecule has 0 radical (unpaired) electrons. The lowest BCUT2D eigenvalue weighted by Crippen LogP contribution is -2.38. The minimum absolute atomic E-state index is 0. The number of benzene rings is 1. The van der Waals surface area contributed by atoms with Crippen molar-refractivity contribution in [3.63, 3.8) is 0 Å². The van der Waals surface area contributed by atoms with E-state index in [0.717, 1.165) is 6.42 Å². The fourth-order valence-corrected chi connectivity index (χ4v) is 1.75. The minimum Gasteiger partial charge on any atom is -0.491 e. The van der Waals surface area contributed by atoms with Gasteiger partial charge in [0.25, 0.3) is 0 Å². The number of carbonyl (C=O) groups is 1. The van der Waals surface area contributed by atoms with E-state index in [2.05, 4.69) is 5.32 Å². The fourth-order valence-electron chi connectivity index (χ4n) is 1.56.